The van der Waals surface area contributed by atoms with Gasteiger partial charge < -0.3 is 15.2 Å². The molecule has 21 heavy (non-hydrogen) atoms. The van der Waals surface area contributed by atoms with Crippen molar-refractivity contribution < 1.29 is 14.6 Å². The summed E-state index contributed by atoms with van der Waals surface area (Å²) >= 11 is 0. The zero-order valence-electron chi connectivity index (χ0n) is 12.2. The Hall–Kier alpha value is -2.34. The van der Waals surface area contributed by atoms with Gasteiger partial charge in [0.25, 0.3) is 5.91 Å². The molecule has 6 heteroatoms. The minimum atomic E-state index is -0.238. The van der Waals surface area contributed by atoms with Crippen molar-refractivity contribution in [1.82, 2.24) is 9.78 Å². The van der Waals surface area contributed by atoms with Gasteiger partial charge in [-0.1, -0.05) is 12.1 Å². The molecule has 6 nitrogen and oxygen atoms in total. The third-order valence-corrected chi connectivity index (χ3v) is 2.96. The number of carbonyl (C=O) groups is 1. The SMILES string of the molecule is Cc1cc(NC(=O)COc2ccc(CCO)cc2)n(C)n1. The van der Waals surface area contributed by atoms with Crippen LogP contribution >= 0.6 is 0 Å². The highest BCUT2D eigenvalue weighted by molar-refractivity contribution is 5.91. The van der Waals surface area contributed by atoms with Crippen molar-refractivity contribution in [3.63, 3.8) is 0 Å². The molecule has 0 bridgehead atoms. The van der Waals surface area contributed by atoms with E-state index in [4.69, 9.17) is 9.84 Å². The van der Waals surface area contributed by atoms with E-state index in [-0.39, 0.29) is 19.1 Å². The van der Waals surface area contributed by atoms with Crippen molar-refractivity contribution in [2.24, 2.45) is 7.05 Å². The van der Waals surface area contributed by atoms with E-state index < -0.39 is 0 Å². The van der Waals surface area contributed by atoms with Crippen molar-refractivity contribution in [3.8, 4) is 5.75 Å². The molecule has 0 atom stereocenters. The summed E-state index contributed by atoms with van der Waals surface area (Å²) in [5.41, 5.74) is 1.87. The van der Waals surface area contributed by atoms with Gasteiger partial charge in [-0.2, -0.15) is 5.10 Å². The predicted molar refractivity (Wildman–Crippen MR) is 79.3 cm³/mol. The van der Waals surface area contributed by atoms with Gasteiger partial charge in [-0.25, -0.2) is 0 Å². The number of aryl methyl sites for hydroxylation is 2. The van der Waals surface area contributed by atoms with Crippen molar-refractivity contribution in [2.45, 2.75) is 13.3 Å². The molecule has 0 saturated carbocycles. The van der Waals surface area contributed by atoms with Gasteiger partial charge in [-0.15, -0.1) is 0 Å². The fourth-order valence-corrected chi connectivity index (χ4v) is 1.94. The summed E-state index contributed by atoms with van der Waals surface area (Å²) in [6.07, 6.45) is 0.612. The number of nitrogens with one attached hydrogen (secondary N) is 1. The molecule has 1 aromatic heterocycles. The Balaban J connectivity index is 1.84. The maximum Gasteiger partial charge on any atom is 0.263 e. The van der Waals surface area contributed by atoms with E-state index in [9.17, 15) is 4.79 Å². The van der Waals surface area contributed by atoms with Gasteiger partial charge in [0.15, 0.2) is 6.61 Å². The lowest BCUT2D eigenvalue weighted by atomic mass is 10.1. The number of hydrogen-bond acceptors (Lipinski definition) is 4. The third-order valence-electron chi connectivity index (χ3n) is 2.96. The second-order valence-corrected chi connectivity index (χ2v) is 4.75. The van der Waals surface area contributed by atoms with E-state index >= 15 is 0 Å². The summed E-state index contributed by atoms with van der Waals surface area (Å²) in [4.78, 5) is 11.8. The first-order chi connectivity index (χ1) is 10.1. The zero-order chi connectivity index (χ0) is 15.2. The van der Waals surface area contributed by atoms with Crippen molar-refractivity contribution in [1.29, 1.82) is 0 Å². The number of carbonyl (C=O) groups excluding carboxylic acids is 1. The van der Waals surface area contributed by atoms with E-state index in [2.05, 4.69) is 10.4 Å². The largest absolute Gasteiger partial charge is 0.484 e. The normalized spacial score (nSPS) is 10.4. The number of aliphatic hydroxyl groups is 1. The van der Waals surface area contributed by atoms with E-state index in [1.165, 1.54) is 0 Å². The van der Waals surface area contributed by atoms with Crippen LogP contribution in [-0.2, 0) is 18.3 Å². The Morgan fingerprint density at radius 1 is 1.38 bits per heavy atom. The number of aromatic nitrogens is 2. The molecule has 0 spiro atoms. The maximum absolute atomic E-state index is 11.8. The average molecular weight is 289 g/mol. The molecule has 0 radical (unpaired) electrons. The Labute approximate surface area is 123 Å². The van der Waals surface area contributed by atoms with Crippen LogP contribution < -0.4 is 10.1 Å². The molecule has 0 aliphatic rings. The van der Waals surface area contributed by atoms with Crippen LogP contribution in [0.2, 0.25) is 0 Å². The number of aliphatic hydroxyl groups excluding tert-OH is 1. The molecule has 1 heterocycles. The summed E-state index contributed by atoms with van der Waals surface area (Å²) in [7, 11) is 1.77. The lowest BCUT2D eigenvalue weighted by molar-refractivity contribution is -0.118. The highest BCUT2D eigenvalue weighted by Gasteiger charge is 2.07. The molecule has 2 N–H and O–H groups in total. The lowest BCUT2D eigenvalue weighted by Gasteiger charge is -2.08. The predicted octanol–water partition coefficient (Wildman–Crippen LogP) is 1.28. The van der Waals surface area contributed by atoms with Crippen LogP contribution in [0, 0.1) is 6.92 Å². The maximum atomic E-state index is 11.8. The number of nitrogens with zero attached hydrogens (tertiary/aromatic N) is 2. The van der Waals surface area contributed by atoms with E-state index in [1.54, 1.807) is 29.9 Å². The zero-order valence-corrected chi connectivity index (χ0v) is 12.2. The Morgan fingerprint density at radius 2 is 2.10 bits per heavy atom. The molecular weight excluding hydrogens is 270 g/mol. The molecule has 0 aliphatic heterocycles. The standard InChI is InChI=1S/C15H19N3O3/c1-11-9-14(18(2)17-11)16-15(20)10-21-13-5-3-12(4-6-13)7-8-19/h3-6,9,19H,7-8,10H2,1-2H3,(H,16,20). The van der Waals surface area contributed by atoms with Crippen molar-refractivity contribution in [2.75, 3.05) is 18.5 Å². The van der Waals surface area contributed by atoms with Gasteiger partial charge in [-0.3, -0.25) is 9.48 Å². The Morgan fingerprint density at radius 3 is 2.67 bits per heavy atom. The Kier molecular flexibility index (Phi) is 4.94. The number of ether oxygens (including phenoxy) is 1. The van der Waals surface area contributed by atoms with Crippen LogP contribution in [0.25, 0.3) is 0 Å². The van der Waals surface area contributed by atoms with Gasteiger partial charge in [-0.05, 0) is 31.0 Å². The van der Waals surface area contributed by atoms with Crippen LogP contribution in [0.15, 0.2) is 30.3 Å². The van der Waals surface area contributed by atoms with Crippen LogP contribution in [0.5, 0.6) is 5.75 Å². The van der Waals surface area contributed by atoms with E-state index in [0.717, 1.165) is 11.3 Å². The number of anilines is 1. The quantitative estimate of drug-likeness (QED) is 0.840. The van der Waals surface area contributed by atoms with Gasteiger partial charge in [0.05, 0.1) is 5.69 Å². The molecule has 2 aromatic rings. The van der Waals surface area contributed by atoms with Gasteiger partial charge in [0, 0.05) is 19.7 Å². The minimum absolute atomic E-state index is 0.0659. The first kappa shape index (κ1) is 15.1. The van der Waals surface area contributed by atoms with E-state index in [0.29, 0.717) is 18.0 Å². The number of amides is 1. The van der Waals surface area contributed by atoms with E-state index in [1.807, 2.05) is 19.1 Å². The van der Waals surface area contributed by atoms with Crippen LogP contribution in [-0.4, -0.2) is 34.0 Å². The molecule has 1 amide bonds. The highest BCUT2D eigenvalue weighted by Crippen LogP contribution is 2.13. The van der Waals surface area contributed by atoms with Crippen molar-refractivity contribution in [3.05, 3.63) is 41.6 Å². The van der Waals surface area contributed by atoms with Gasteiger partial charge in [0.2, 0.25) is 0 Å². The lowest BCUT2D eigenvalue weighted by Crippen LogP contribution is -2.21. The second kappa shape index (κ2) is 6.90. The summed E-state index contributed by atoms with van der Waals surface area (Å²) < 4.78 is 7.02. The Bertz CT molecular complexity index is 605. The summed E-state index contributed by atoms with van der Waals surface area (Å²) in [5.74, 6) is 1.02. The molecule has 0 saturated heterocycles. The molecular formula is C15H19N3O3. The molecule has 0 fully saturated rings. The summed E-state index contributed by atoms with van der Waals surface area (Å²) in [6, 6.07) is 9.10. The number of rotatable bonds is 6. The number of hydrogen-bond donors (Lipinski definition) is 2. The second-order valence-electron chi connectivity index (χ2n) is 4.75. The average Bonchev–Trinajstić information content (AvgIpc) is 2.76. The summed E-state index contributed by atoms with van der Waals surface area (Å²) in [6.45, 7) is 1.91. The third kappa shape index (κ3) is 4.32. The fourth-order valence-electron chi connectivity index (χ4n) is 1.94. The fraction of sp³-hybridized carbons (Fsp3) is 0.333. The van der Waals surface area contributed by atoms with Crippen LogP contribution in [0.1, 0.15) is 11.3 Å². The first-order valence-electron chi connectivity index (χ1n) is 6.71. The van der Waals surface area contributed by atoms with Crippen LogP contribution in [0.3, 0.4) is 0 Å². The number of benzene rings is 1. The van der Waals surface area contributed by atoms with Gasteiger partial charge in [0.1, 0.15) is 11.6 Å². The smallest absolute Gasteiger partial charge is 0.263 e. The van der Waals surface area contributed by atoms with Crippen LogP contribution in [0.4, 0.5) is 5.82 Å². The molecule has 112 valence electrons. The summed E-state index contributed by atoms with van der Waals surface area (Å²) in [5, 5.41) is 15.7. The van der Waals surface area contributed by atoms with Crippen molar-refractivity contribution >= 4 is 11.7 Å². The highest BCUT2D eigenvalue weighted by atomic mass is 16.5. The monoisotopic (exact) mass is 289 g/mol. The van der Waals surface area contributed by atoms with Gasteiger partial charge >= 0.3 is 0 Å². The topological polar surface area (TPSA) is 76.4 Å². The molecule has 0 aliphatic carbocycles. The molecule has 2 rings (SSSR count). The first-order valence-corrected chi connectivity index (χ1v) is 6.71. The minimum Gasteiger partial charge on any atom is -0.484 e. The molecule has 0 unspecified atom stereocenters. The molecule has 1 aromatic carbocycles.